The molecule has 0 unspecified atom stereocenters. The van der Waals surface area contributed by atoms with Crippen LogP contribution in [0.25, 0.3) is 0 Å². The Labute approximate surface area is 64.3 Å². The summed E-state index contributed by atoms with van der Waals surface area (Å²) in [7, 11) is 0. The second-order valence-electron chi connectivity index (χ2n) is 1.14. The first-order chi connectivity index (χ1) is 4.27. The molecule has 0 saturated carbocycles. The molecule has 0 saturated heterocycles. The molecule has 0 fully saturated rings. The second-order valence-corrected chi connectivity index (χ2v) is 2.11. The van der Waals surface area contributed by atoms with E-state index in [4.69, 9.17) is 5.11 Å². The molecule has 0 aromatic rings. The summed E-state index contributed by atoms with van der Waals surface area (Å²) in [5.41, 5.74) is 0. The monoisotopic (exact) mass is 293 g/mol. The zero-order valence-corrected chi connectivity index (χ0v) is 7.51. The normalized spacial score (nSPS) is 10.7. The van der Waals surface area contributed by atoms with Crippen molar-refractivity contribution in [2.24, 2.45) is 0 Å². The van der Waals surface area contributed by atoms with Crippen molar-refractivity contribution in [2.75, 3.05) is 0 Å². The van der Waals surface area contributed by atoms with E-state index in [1.807, 2.05) is 4.40 Å². The maximum atomic E-state index is 9.78. The molecular weight excluding hydrogens is 288 g/mol. The summed E-state index contributed by atoms with van der Waals surface area (Å²) < 4.78 is 1.89. The summed E-state index contributed by atoms with van der Waals surface area (Å²) in [6, 6.07) is 0. The Morgan fingerprint density at radius 3 is 2.67 bits per heavy atom. The molecule has 0 atom stereocenters. The summed E-state index contributed by atoms with van der Waals surface area (Å²) >= 11 is 1.34. The fraction of sp³-hybridized carbons (Fsp3) is 0. The van der Waals surface area contributed by atoms with E-state index >= 15 is 0 Å². The van der Waals surface area contributed by atoms with Gasteiger partial charge >= 0.3 is 63.9 Å². The summed E-state index contributed by atoms with van der Waals surface area (Å²) in [5.74, 6) is -1.04. The van der Waals surface area contributed by atoms with Crippen LogP contribution in [0.2, 0.25) is 0 Å². The van der Waals surface area contributed by atoms with Gasteiger partial charge in [0.15, 0.2) is 0 Å². The SMILES string of the molecule is O=C(O)[C-]=C/C=C\[CH]=[W]. The van der Waals surface area contributed by atoms with E-state index in [2.05, 4.69) is 6.08 Å². The van der Waals surface area contributed by atoms with Crippen molar-refractivity contribution in [2.45, 2.75) is 0 Å². The third-order valence-electron chi connectivity index (χ3n) is 0.493. The molecule has 0 radical (unpaired) electrons. The Hall–Kier alpha value is -0.492. The first kappa shape index (κ1) is 8.51. The minimum atomic E-state index is -1.04. The third-order valence-corrected chi connectivity index (χ3v) is 1.06. The fourth-order valence-corrected chi connectivity index (χ4v) is 0.546. The molecule has 0 amide bonds. The van der Waals surface area contributed by atoms with Gasteiger partial charge in [-0.3, -0.25) is 0 Å². The quantitative estimate of drug-likeness (QED) is 0.463. The van der Waals surface area contributed by atoms with Crippen LogP contribution in [0.1, 0.15) is 0 Å². The average Bonchev–Trinajstić information content (AvgIpc) is 1.80. The molecule has 0 spiro atoms. The summed E-state index contributed by atoms with van der Waals surface area (Å²) in [6.45, 7) is 0. The number of carbonyl (C=O) groups is 1. The van der Waals surface area contributed by atoms with Crippen LogP contribution in [0.4, 0.5) is 0 Å². The average molecular weight is 293 g/mol. The van der Waals surface area contributed by atoms with Crippen LogP contribution in [0.5, 0.6) is 0 Å². The molecule has 0 aliphatic heterocycles. The van der Waals surface area contributed by atoms with Gasteiger partial charge in [-0.15, -0.1) is 0 Å². The Morgan fingerprint density at radius 1 is 1.56 bits per heavy atom. The summed E-state index contributed by atoms with van der Waals surface area (Å²) in [6.07, 6.45) is 6.83. The zero-order chi connectivity index (χ0) is 7.11. The molecule has 0 heterocycles. The van der Waals surface area contributed by atoms with Crippen LogP contribution in [-0.4, -0.2) is 15.5 Å². The molecule has 0 bridgehead atoms. The predicted octanol–water partition coefficient (Wildman–Crippen LogP) is 0.336. The van der Waals surface area contributed by atoms with E-state index in [1.54, 1.807) is 12.2 Å². The van der Waals surface area contributed by atoms with Gasteiger partial charge in [-0.1, -0.05) is 0 Å². The number of aliphatic carboxylic acids is 1. The van der Waals surface area contributed by atoms with Crippen molar-refractivity contribution < 1.29 is 29.3 Å². The van der Waals surface area contributed by atoms with Crippen molar-refractivity contribution in [3.63, 3.8) is 0 Å². The van der Waals surface area contributed by atoms with Gasteiger partial charge in [-0.25, -0.2) is 0 Å². The standard InChI is InChI=1S/C6H5O2.W/c1-2-3-4-5-6(7)8;/h1-4H,(H,7,8);/q-1;/b3-2-;. The molecule has 0 rings (SSSR count). The first-order valence-corrected chi connectivity index (χ1v) is 3.90. The van der Waals surface area contributed by atoms with Crippen molar-refractivity contribution in [1.82, 2.24) is 0 Å². The second kappa shape index (κ2) is 5.64. The van der Waals surface area contributed by atoms with Crippen LogP contribution in [-0.2, 0) is 24.1 Å². The maximum absolute atomic E-state index is 9.78. The topological polar surface area (TPSA) is 37.3 Å². The van der Waals surface area contributed by atoms with E-state index in [0.29, 0.717) is 0 Å². The number of carboxylic acid groups (broad SMARTS) is 1. The molecule has 3 heteroatoms. The van der Waals surface area contributed by atoms with Gasteiger partial charge < -0.3 is 0 Å². The van der Waals surface area contributed by atoms with Crippen LogP contribution >= 0.6 is 0 Å². The zero-order valence-electron chi connectivity index (χ0n) is 4.57. The van der Waals surface area contributed by atoms with Gasteiger partial charge in [0.05, 0.1) is 0 Å². The Kier molecular flexibility index (Phi) is 5.33. The predicted molar refractivity (Wildman–Crippen MR) is 30.7 cm³/mol. The molecule has 0 aliphatic rings. The number of carboxylic acids is 1. The molecule has 0 aromatic heterocycles. The molecule has 0 aliphatic carbocycles. The van der Waals surface area contributed by atoms with Crippen molar-refractivity contribution >= 4 is 10.4 Å². The molecule has 2 nitrogen and oxygen atoms in total. The van der Waals surface area contributed by atoms with Crippen LogP contribution < -0.4 is 0 Å². The Morgan fingerprint density at radius 2 is 2.22 bits per heavy atom. The molecule has 9 heavy (non-hydrogen) atoms. The number of rotatable bonds is 3. The van der Waals surface area contributed by atoms with E-state index in [-0.39, 0.29) is 0 Å². The van der Waals surface area contributed by atoms with Crippen molar-refractivity contribution in [1.29, 1.82) is 0 Å². The van der Waals surface area contributed by atoms with E-state index in [9.17, 15) is 4.79 Å². The van der Waals surface area contributed by atoms with E-state index in [0.717, 1.165) is 0 Å². The molecule has 0 aromatic carbocycles. The molecular formula is C6H5O2W-. The third kappa shape index (κ3) is 7.51. The van der Waals surface area contributed by atoms with Crippen LogP contribution in [0, 0.1) is 6.08 Å². The number of hydrogen-bond acceptors (Lipinski definition) is 1. The Balaban J connectivity index is 3.59. The Bertz CT molecular complexity index is 158. The fourth-order valence-electron chi connectivity index (χ4n) is 0.220. The first-order valence-electron chi connectivity index (χ1n) is 2.20. The number of hydrogen-bond donors (Lipinski definition) is 1. The van der Waals surface area contributed by atoms with Gasteiger partial charge in [0.25, 0.3) is 0 Å². The van der Waals surface area contributed by atoms with Gasteiger partial charge in [0, 0.05) is 0 Å². The van der Waals surface area contributed by atoms with E-state index < -0.39 is 5.97 Å². The summed E-state index contributed by atoms with van der Waals surface area (Å²) in [5, 5.41) is 8.03. The number of allylic oxidation sites excluding steroid dienone is 3. The van der Waals surface area contributed by atoms with E-state index in [1.165, 1.54) is 25.4 Å². The molecule has 48 valence electrons. The van der Waals surface area contributed by atoms with Gasteiger partial charge in [-0.05, 0) is 0 Å². The van der Waals surface area contributed by atoms with Crippen molar-refractivity contribution in [3.05, 3.63) is 24.3 Å². The van der Waals surface area contributed by atoms with Crippen LogP contribution in [0.15, 0.2) is 18.2 Å². The molecule has 1 N–H and O–H groups in total. The van der Waals surface area contributed by atoms with Gasteiger partial charge in [0.2, 0.25) is 0 Å². The van der Waals surface area contributed by atoms with Crippen molar-refractivity contribution in [3.8, 4) is 0 Å². The van der Waals surface area contributed by atoms with Crippen LogP contribution in [0.3, 0.4) is 0 Å². The minimum absolute atomic E-state index is 1.04. The summed E-state index contributed by atoms with van der Waals surface area (Å²) in [4.78, 5) is 9.78. The van der Waals surface area contributed by atoms with Gasteiger partial charge in [0.1, 0.15) is 0 Å². The van der Waals surface area contributed by atoms with Gasteiger partial charge in [-0.2, -0.15) is 0 Å².